The van der Waals surface area contributed by atoms with Crippen LogP contribution in [0.2, 0.25) is 5.02 Å². The average molecular weight is 464 g/mol. The molecule has 8 heteroatoms. The van der Waals surface area contributed by atoms with Crippen molar-refractivity contribution in [2.75, 3.05) is 4.90 Å². The van der Waals surface area contributed by atoms with Gasteiger partial charge < -0.3 is 0 Å². The van der Waals surface area contributed by atoms with Crippen LogP contribution in [0.15, 0.2) is 72.8 Å². The first-order valence-corrected chi connectivity index (χ1v) is 10.9. The van der Waals surface area contributed by atoms with Crippen molar-refractivity contribution >= 4 is 56.0 Å². The summed E-state index contributed by atoms with van der Waals surface area (Å²) in [5.41, 5.74) is 3.24. The number of nitrogens with zero attached hydrogens (tertiary/aromatic N) is 3. The zero-order valence-electron chi connectivity index (χ0n) is 17.1. The number of hydrogen-bond donors (Lipinski definition) is 0. The average Bonchev–Trinajstić information content (AvgIpc) is 3.21. The lowest BCUT2D eigenvalue weighted by Gasteiger charge is -2.18. The third kappa shape index (κ3) is 4.85. The summed E-state index contributed by atoms with van der Waals surface area (Å²) >= 11 is 7.59. The second-order valence-corrected chi connectivity index (χ2v) is 8.61. The molecule has 32 heavy (non-hydrogen) atoms. The molecule has 6 nitrogen and oxygen atoms in total. The van der Waals surface area contributed by atoms with Gasteiger partial charge in [0.1, 0.15) is 0 Å². The van der Waals surface area contributed by atoms with Crippen molar-refractivity contribution in [3.05, 3.63) is 105 Å². The molecule has 0 spiro atoms. The first kappa shape index (κ1) is 21.7. The van der Waals surface area contributed by atoms with Crippen LogP contribution in [0.1, 0.15) is 16.7 Å². The lowest BCUT2D eigenvalue weighted by Crippen LogP contribution is -2.28. The van der Waals surface area contributed by atoms with E-state index in [0.29, 0.717) is 22.3 Å². The molecule has 1 heterocycles. The van der Waals surface area contributed by atoms with Gasteiger partial charge in [-0.05, 0) is 41.8 Å². The molecule has 3 aromatic carbocycles. The Morgan fingerprint density at radius 1 is 1.16 bits per heavy atom. The van der Waals surface area contributed by atoms with E-state index < -0.39 is 4.92 Å². The van der Waals surface area contributed by atoms with E-state index in [1.807, 2.05) is 49.4 Å². The number of carbonyl (C=O) groups is 1. The number of anilines is 1. The van der Waals surface area contributed by atoms with E-state index in [1.165, 1.54) is 29.5 Å². The standard InChI is InChI=1S/C24H18ClN3O3S/c1-16-12-19(25)14-21-23(16)26-24(32-21)27(15-18-6-3-2-4-7-18)22(29)11-10-17-8-5-9-20(13-17)28(30)31/h2-14H,15H2,1H3/b11-10+. The number of rotatable bonds is 6. The highest BCUT2D eigenvalue weighted by atomic mass is 35.5. The van der Waals surface area contributed by atoms with Crippen LogP contribution in [-0.2, 0) is 11.3 Å². The summed E-state index contributed by atoms with van der Waals surface area (Å²) in [6.45, 7) is 2.27. The van der Waals surface area contributed by atoms with Crippen molar-refractivity contribution in [2.45, 2.75) is 13.5 Å². The highest BCUT2D eigenvalue weighted by molar-refractivity contribution is 7.22. The van der Waals surface area contributed by atoms with Crippen LogP contribution in [0.5, 0.6) is 0 Å². The largest absolute Gasteiger partial charge is 0.280 e. The molecule has 0 aliphatic rings. The molecule has 0 saturated heterocycles. The van der Waals surface area contributed by atoms with E-state index in [4.69, 9.17) is 16.6 Å². The van der Waals surface area contributed by atoms with E-state index in [-0.39, 0.29) is 11.6 Å². The maximum atomic E-state index is 13.2. The highest BCUT2D eigenvalue weighted by Crippen LogP contribution is 2.34. The summed E-state index contributed by atoms with van der Waals surface area (Å²) in [7, 11) is 0. The maximum Gasteiger partial charge on any atom is 0.270 e. The summed E-state index contributed by atoms with van der Waals surface area (Å²) < 4.78 is 0.901. The second-order valence-electron chi connectivity index (χ2n) is 7.16. The Morgan fingerprint density at radius 3 is 2.69 bits per heavy atom. The summed E-state index contributed by atoms with van der Waals surface area (Å²) in [4.78, 5) is 30.1. The number of aromatic nitrogens is 1. The van der Waals surface area contributed by atoms with Gasteiger partial charge in [-0.1, -0.05) is 65.4 Å². The van der Waals surface area contributed by atoms with Gasteiger partial charge in [0.05, 0.1) is 21.7 Å². The summed E-state index contributed by atoms with van der Waals surface area (Å²) in [6, 6.07) is 19.5. The van der Waals surface area contributed by atoms with Crippen LogP contribution in [0.3, 0.4) is 0 Å². The third-order valence-corrected chi connectivity index (χ3v) is 6.06. The molecule has 1 aromatic heterocycles. The van der Waals surface area contributed by atoms with Crippen LogP contribution in [0.25, 0.3) is 16.3 Å². The summed E-state index contributed by atoms with van der Waals surface area (Å²) in [5.74, 6) is -0.275. The van der Waals surface area contributed by atoms with Crippen molar-refractivity contribution in [3.63, 3.8) is 0 Å². The molecule has 0 unspecified atom stereocenters. The SMILES string of the molecule is Cc1cc(Cl)cc2sc(N(Cc3ccccc3)C(=O)/C=C/c3cccc([N+](=O)[O-])c3)nc12. The van der Waals surface area contributed by atoms with Crippen LogP contribution < -0.4 is 4.90 Å². The van der Waals surface area contributed by atoms with Crippen molar-refractivity contribution in [3.8, 4) is 0 Å². The van der Waals surface area contributed by atoms with Crippen LogP contribution in [0, 0.1) is 17.0 Å². The number of carbonyl (C=O) groups excluding carboxylic acids is 1. The third-order valence-electron chi connectivity index (χ3n) is 4.82. The van der Waals surface area contributed by atoms with Crippen molar-refractivity contribution in [1.82, 2.24) is 4.98 Å². The number of hydrogen-bond acceptors (Lipinski definition) is 5. The van der Waals surface area contributed by atoms with Crippen molar-refractivity contribution in [1.29, 1.82) is 0 Å². The van der Waals surface area contributed by atoms with Gasteiger partial charge in [0.2, 0.25) is 0 Å². The molecule has 1 amide bonds. The van der Waals surface area contributed by atoms with Gasteiger partial charge in [0.25, 0.3) is 11.6 Å². The normalized spacial score (nSPS) is 11.2. The van der Waals surface area contributed by atoms with Gasteiger partial charge in [-0.3, -0.25) is 19.8 Å². The number of nitro groups is 1. The molecule has 0 N–H and O–H groups in total. The number of non-ortho nitro benzene ring substituents is 1. The van der Waals surface area contributed by atoms with Gasteiger partial charge in [-0.2, -0.15) is 0 Å². The Bertz CT molecular complexity index is 1340. The topological polar surface area (TPSA) is 76.3 Å². The molecule has 0 fully saturated rings. The molecule has 0 bridgehead atoms. The van der Waals surface area contributed by atoms with Gasteiger partial charge in [-0.25, -0.2) is 4.98 Å². The monoisotopic (exact) mass is 463 g/mol. The molecule has 0 aliphatic heterocycles. The minimum absolute atomic E-state index is 0.0285. The quantitative estimate of drug-likeness (QED) is 0.188. The molecule has 0 aliphatic carbocycles. The van der Waals surface area contributed by atoms with E-state index in [9.17, 15) is 14.9 Å². The Balaban J connectivity index is 1.69. The number of halogens is 1. The number of thiazole rings is 1. The van der Waals surface area contributed by atoms with Gasteiger partial charge in [0.15, 0.2) is 5.13 Å². The number of nitro benzene ring substituents is 1. The lowest BCUT2D eigenvalue weighted by molar-refractivity contribution is -0.384. The summed E-state index contributed by atoms with van der Waals surface area (Å²) in [6.07, 6.45) is 2.98. The lowest BCUT2D eigenvalue weighted by atomic mass is 10.2. The maximum absolute atomic E-state index is 13.2. The predicted octanol–water partition coefficient (Wildman–Crippen LogP) is 6.41. The second kappa shape index (κ2) is 9.30. The number of fused-ring (bicyclic) bond motifs is 1. The molecule has 4 aromatic rings. The van der Waals surface area contributed by atoms with Gasteiger partial charge in [-0.15, -0.1) is 0 Å². The number of aryl methyl sites for hydroxylation is 1. The molecule has 0 radical (unpaired) electrons. The van der Waals surface area contributed by atoms with Crippen molar-refractivity contribution < 1.29 is 9.72 Å². The fraction of sp³-hybridized carbons (Fsp3) is 0.0833. The van der Waals surface area contributed by atoms with Crippen LogP contribution >= 0.6 is 22.9 Å². The summed E-state index contributed by atoms with van der Waals surface area (Å²) in [5, 5.41) is 12.2. The predicted molar refractivity (Wildman–Crippen MR) is 129 cm³/mol. The van der Waals surface area contributed by atoms with E-state index in [2.05, 4.69) is 0 Å². The van der Waals surface area contributed by atoms with Crippen LogP contribution in [-0.4, -0.2) is 15.8 Å². The Morgan fingerprint density at radius 2 is 1.94 bits per heavy atom. The molecule has 0 saturated carbocycles. The minimum Gasteiger partial charge on any atom is -0.280 e. The minimum atomic E-state index is -0.463. The molecular weight excluding hydrogens is 446 g/mol. The first-order valence-electron chi connectivity index (χ1n) is 9.75. The molecule has 4 rings (SSSR count). The molecule has 0 atom stereocenters. The fourth-order valence-corrected chi connectivity index (χ4v) is 4.69. The Hall–Kier alpha value is -3.55. The highest BCUT2D eigenvalue weighted by Gasteiger charge is 2.19. The van der Waals surface area contributed by atoms with Crippen molar-refractivity contribution in [2.24, 2.45) is 0 Å². The van der Waals surface area contributed by atoms with Gasteiger partial charge in [0, 0.05) is 23.2 Å². The van der Waals surface area contributed by atoms with E-state index in [0.717, 1.165) is 21.3 Å². The zero-order chi connectivity index (χ0) is 22.7. The van der Waals surface area contributed by atoms with Gasteiger partial charge >= 0.3 is 0 Å². The smallest absolute Gasteiger partial charge is 0.270 e. The number of benzene rings is 3. The Labute approximate surface area is 193 Å². The van der Waals surface area contributed by atoms with Crippen LogP contribution in [0.4, 0.5) is 10.8 Å². The molecular formula is C24H18ClN3O3S. The first-order chi connectivity index (χ1) is 15.4. The Kier molecular flexibility index (Phi) is 6.30. The number of amides is 1. The van der Waals surface area contributed by atoms with E-state index >= 15 is 0 Å². The zero-order valence-corrected chi connectivity index (χ0v) is 18.6. The fourth-order valence-electron chi connectivity index (χ4n) is 3.26. The molecule has 160 valence electrons. The van der Waals surface area contributed by atoms with E-state index in [1.54, 1.807) is 23.1 Å².